The molecule has 4 nitrogen and oxygen atoms in total. The Balaban J connectivity index is 1.67. The molecule has 31 heavy (non-hydrogen) atoms. The number of aromatic nitrogens is 2. The summed E-state index contributed by atoms with van der Waals surface area (Å²) in [6.07, 6.45) is 3.74. The largest absolute Gasteiger partial charge is 0.351 e. The first-order chi connectivity index (χ1) is 15.1. The number of nitrogens with zero attached hydrogens (tertiary/aromatic N) is 3. The number of rotatable bonds is 4. The molecule has 2 aromatic carbocycles. The van der Waals surface area contributed by atoms with Crippen LogP contribution in [0.25, 0.3) is 5.69 Å². The van der Waals surface area contributed by atoms with Gasteiger partial charge < -0.3 is 14.8 Å². The van der Waals surface area contributed by atoms with Crippen LogP contribution in [0.1, 0.15) is 29.0 Å². The van der Waals surface area contributed by atoms with Gasteiger partial charge in [-0.05, 0) is 73.7 Å². The third-order valence-corrected chi connectivity index (χ3v) is 5.89. The third kappa shape index (κ3) is 3.59. The van der Waals surface area contributed by atoms with Crippen LogP contribution in [0.2, 0.25) is 0 Å². The molecule has 2 atom stereocenters. The number of halogens is 1. The Morgan fingerprint density at radius 3 is 2.52 bits per heavy atom. The van der Waals surface area contributed by atoms with Gasteiger partial charge in [-0.1, -0.05) is 29.8 Å². The average Bonchev–Trinajstić information content (AvgIpc) is 3.39. The molecule has 0 spiro atoms. The van der Waals surface area contributed by atoms with Crippen LogP contribution < -0.4 is 10.2 Å². The van der Waals surface area contributed by atoms with E-state index in [1.165, 1.54) is 17.7 Å². The highest BCUT2D eigenvalue weighted by Crippen LogP contribution is 2.42. The van der Waals surface area contributed by atoms with Gasteiger partial charge in [0.1, 0.15) is 11.9 Å². The maximum Gasteiger partial charge on any atom is 0.174 e. The highest BCUT2D eigenvalue weighted by atomic mass is 32.1. The number of thiocarbonyl (C=S) groups is 1. The molecule has 0 radical (unpaired) electrons. The van der Waals surface area contributed by atoms with Crippen molar-refractivity contribution < 1.29 is 4.39 Å². The average molecular weight is 429 g/mol. The zero-order valence-electron chi connectivity index (χ0n) is 16.9. The predicted octanol–water partition coefficient (Wildman–Crippen LogP) is 5.50. The van der Waals surface area contributed by atoms with Crippen molar-refractivity contribution in [1.29, 1.82) is 0 Å². The molecule has 4 aromatic rings. The molecule has 1 aliphatic heterocycles. The minimum Gasteiger partial charge on any atom is -0.351 e. The standard InChI is InChI=1S/C25H21FN4S/c1-17-10-12-19(13-11-17)30-24(23(28-25(30)31)21-8-2-3-14-27-21)22-9-5-15-29(22)20-7-4-6-18(26)16-20/h2-16,23-24H,1H3,(H,28,31)/t23-,24-/m0/s1. The summed E-state index contributed by atoms with van der Waals surface area (Å²) in [5.41, 5.74) is 4.84. The molecule has 1 saturated heterocycles. The Labute approximate surface area is 186 Å². The number of hydrogen-bond acceptors (Lipinski definition) is 2. The molecular weight excluding hydrogens is 407 g/mol. The fourth-order valence-corrected chi connectivity index (χ4v) is 4.48. The maximum atomic E-state index is 14.0. The lowest BCUT2D eigenvalue weighted by Gasteiger charge is -2.29. The van der Waals surface area contributed by atoms with Crippen molar-refractivity contribution in [3.8, 4) is 5.69 Å². The smallest absolute Gasteiger partial charge is 0.174 e. The van der Waals surface area contributed by atoms with Crippen LogP contribution >= 0.6 is 12.2 Å². The van der Waals surface area contributed by atoms with Gasteiger partial charge in [0.15, 0.2) is 5.11 Å². The van der Waals surface area contributed by atoms with Gasteiger partial charge in [0.2, 0.25) is 0 Å². The molecule has 0 amide bonds. The lowest BCUT2D eigenvalue weighted by molar-refractivity contribution is 0.549. The monoisotopic (exact) mass is 428 g/mol. The van der Waals surface area contributed by atoms with Gasteiger partial charge in [-0.2, -0.15) is 0 Å². The van der Waals surface area contributed by atoms with Crippen LogP contribution in [-0.4, -0.2) is 14.7 Å². The van der Waals surface area contributed by atoms with Gasteiger partial charge in [0, 0.05) is 29.5 Å². The Kier molecular flexibility index (Phi) is 5.00. The molecule has 5 rings (SSSR count). The molecule has 0 aliphatic carbocycles. The van der Waals surface area contributed by atoms with Crippen LogP contribution in [-0.2, 0) is 0 Å². The fourth-order valence-electron chi connectivity index (χ4n) is 4.14. The van der Waals surface area contributed by atoms with Gasteiger partial charge in [-0.15, -0.1) is 0 Å². The lowest BCUT2D eigenvalue weighted by Crippen LogP contribution is -2.30. The van der Waals surface area contributed by atoms with Gasteiger partial charge in [-0.3, -0.25) is 4.98 Å². The molecule has 6 heteroatoms. The van der Waals surface area contributed by atoms with E-state index in [9.17, 15) is 4.39 Å². The van der Waals surface area contributed by atoms with Crippen molar-refractivity contribution in [2.24, 2.45) is 0 Å². The number of anilines is 1. The first-order valence-electron chi connectivity index (χ1n) is 10.1. The van der Waals surface area contributed by atoms with E-state index in [4.69, 9.17) is 12.2 Å². The molecule has 1 aliphatic rings. The maximum absolute atomic E-state index is 14.0. The first kappa shape index (κ1) is 19.5. The van der Waals surface area contributed by atoms with Gasteiger partial charge in [0.05, 0.1) is 11.7 Å². The van der Waals surface area contributed by atoms with Crippen LogP contribution in [0, 0.1) is 12.7 Å². The summed E-state index contributed by atoms with van der Waals surface area (Å²) in [5, 5.41) is 4.10. The summed E-state index contributed by atoms with van der Waals surface area (Å²) in [5.74, 6) is -0.270. The van der Waals surface area contributed by atoms with Crippen molar-refractivity contribution in [1.82, 2.24) is 14.9 Å². The minimum atomic E-state index is -0.270. The van der Waals surface area contributed by atoms with E-state index in [0.717, 1.165) is 22.8 Å². The van der Waals surface area contributed by atoms with E-state index < -0.39 is 0 Å². The molecular formula is C25H21FN4S. The lowest BCUT2D eigenvalue weighted by atomic mass is 10.0. The van der Waals surface area contributed by atoms with Gasteiger partial charge in [0.25, 0.3) is 0 Å². The van der Waals surface area contributed by atoms with Crippen LogP contribution in [0.4, 0.5) is 10.1 Å². The second-order valence-electron chi connectivity index (χ2n) is 7.62. The quantitative estimate of drug-likeness (QED) is 0.435. The molecule has 1 N–H and O–H groups in total. The fraction of sp³-hybridized carbons (Fsp3) is 0.120. The Morgan fingerprint density at radius 2 is 1.77 bits per heavy atom. The molecule has 154 valence electrons. The first-order valence-corrected chi connectivity index (χ1v) is 10.5. The minimum absolute atomic E-state index is 0.155. The van der Waals surface area contributed by atoms with Crippen LogP contribution in [0.15, 0.2) is 91.3 Å². The Morgan fingerprint density at radius 1 is 0.935 bits per heavy atom. The highest BCUT2D eigenvalue weighted by molar-refractivity contribution is 7.80. The van der Waals surface area contributed by atoms with Crippen LogP contribution in [0.5, 0.6) is 0 Å². The zero-order valence-corrected chi connectivity index (χ0v) is 17.8. The second kappa shape index (κ2) is 7.96. The molecule has 1 fully saturated rings. The molecule has 0 unspecified atom stereocenters. The summed E-state index contributed by atoms with van der Waals surface area (Å²) in [4.78, 5) is 6.72. The molecule has 0 bridgehead atoms. The summed E-state index contributed by atoms with van der Waals surface area (Å²) in [7, 11) is 0. The highest BCUT2D eigenvalue weighted by Gasteiger charge is 2.42. The van der Waals surface area contributed by atoms with Crippen molar-refractivity contribution in [2.75, 3.05) is 4.90 Å². The normalized spacial score (nSPS) is 18.3. The topological polar surface area (TPSA) is 33.1 Å². The molecule has 2 aromatic heterocycles. The van der Waals surface area contributed by atoms with Gasteiger partial charge >= 0.3 is 0 Å². The third-order valence-electron chi connectivity index (χ3n) is 5.58. The van der Waals surface area contributed by atoms with E-state index in [1.54, 1.807) is 12.3 Å². The number of benzene rings is 2. The van der Waals surface area contributed by atoms with Crippen molar-refractivity contribution in [2.45, 2.75) is 19.0 Å². The second-order valence-corrected chi connectivity index (χ2v) is 8.00. The number of hydrogen-bond donors (Lipinski definition) is 1. The molecule has 3 heterocycles. The number of pyridine rings is 1. The zero-order chi connectivity index (χ0) is 21.4. The predicted molar refractivity (Wildman–Crippen MR) is 125 cm³/mol. The Hall–Kier alpha value is -3.51. The van der Waals surface area contributed by atoms with E-state index >= 15 is 0 Å². The van der Waals surface area contributed by atoms with E-state index in [1.807, 2.05) is 41.1 Å². The van der Waals surface area contributed by atoms with E-state index in [-0.39, 0.29) is 17.9 Å². The van der Waals surface area contributed by atoms with Crippen LogP contribution in [0.3, 0.4) is 0 Å². The summed E-state index contributed by atoms with van der Waals surface area (Å²) >= 11 is 5.78. The molecule has 0 saturated carbocycles. The summed E-state index contributed by atoms with van der Waals surface area (Å²) in [6.45, 7) is 2.06. The van der Waals surface area contributed by atoms with Crippen molar-refractivity contribution in [3.05, 3.63) is 114 Å². The SMILES string of the molecule is Cc1ccc(N2C(=S)N[C@@H](c3ccccn3)[C@@H]2c2cccn2-c2cccc(F)c2)cc1. The van der Waals surface area contributed by atoms with Crippen molar-refractivity contribution in [3.63, 3.8) is 0 Å². The van der Waals surface area contributed by atoms with E-state index in [0.29, 0.717) is 5.11 Å². The van der Waals surface area contributed by atoms with Gasteiger partial charge in [-0.25, -0.2) is 4.39 Å². The summed E-state index contributed by atoms with van der Waals surface area (Å²) in [6, 6.07) is 24.5. The number of nitrogens with one attached hydrogen (secondary N) is 1. The Bertz CT molecular complexity index is 1220. The van der Waals surface area contributed by atoms with E-state index in [2.05, 4.69) is 52.5 Å². The summed E-state index contributed by atoms with van der Waals surface area (Å²) < 4.78 is 16.0. The number of aryl methyl sites for hydroxylation is 1. The van der Waals surface area contributed by atoms with Crippen molar-refractivity contribution >= 4 is 23.0 Å².